The average molecular weight is 455 g/mol. The normalized spacial score (nSPS) is 13.3. The van der Waals surface area contributed by atoms with Gasteiger partial charge in [-0.25, -0.2) is 9.59 Å². The first kappa shape index (κ1) is 21.8. The van der Waals surface area contributed by atoms with Gasteiger partial charge in [-0.15, -0.1) is 0 Å². The number of aromatic nitrogens is 1. The van der Waals surface area contributed by atoms with E-state index < -0.39 is 18.1 Å². The Labute approximate surface area is 197 Å². The fraction of sp³-hybridized carbons (Fsp3) is 0.214. The number of aryl methyl sites for hydroxylation is 2. The number of hydrogen-bond acceptors (Lipinski definition) is 3. The molecule has 0 saturated heterocycles. The number of aliphatic carboxylic acids is 1. The molecule has 0 bridgehead atoms. The van der Waals surface area contributed by atoms with Gasteiger partial charge in [0, 0.05) is 24.7 Å². The first-order chi connectivity index (χ1) is 16.5. The first-order valence-electron chi connectivity index (χ1n) is 11.4. The lowest BCUT2D eigenvalue weighted by molar-refractivity contribution is -0.139. The minimum absolute atomic E-state index is 0.0709. The van der Waals surface area contributed by atoms with Gasteiger partial charge in [-0.2, -0.15) is 0 Å². The number of nitrogens with zero attached hydrogens (tertiary/aromatic N) is 1. The topological polar surface area (TPSA) is 80.6 Å². The molecule has 1 atom stereocenters. The number of alkyl carbamates (subject to hydrolysis) is 1. The Morgan fingerprint density at radius 1 is 1.00 bits per heavy atom. The van der Waals surface area contributed by atoms with E-state index in [4.69, 9.17) is 4.74 Å². The smallest absolute Gasteiger partial charge is 0.407 e. The molecule has 3 aromatic carbocycles. The molecule has 6 nitrogen and oxygen atoms in total. The molecule has 1 amide bonds. The van der Waals surface area contributed by atoms with E-state index in [-0.39, 0.29) is 18.9 Å². The van der Waals surface area contributed by atoms with Crippen molar-refractivity contribution in [3.8, 4) is 11.1 Å². The maximum Gasteiger partial charge on any atom is 0.407 e. The first-order valence-corrected chi connectivity index (χ1v) is 11.4. The summed E-state index contributed by atoms with van der Waals surface area (Å²) < 4.78 is 7.55. The van der Waals surface area contributed by atoms with Crippen LogP contribution in [0.2, 0.25) is 0 Å². The van der Waals surface area contributed by atoms with E-state index in [2.05, 4.69) is 23.5 Å². The van der Waals surface area contributed by atoms with Crippen molar-refractivity contribution in [2.75, 3.05) is 6.61 Å². The van der Waals surface area contributed by atoms with E-state index >= 15 is 0 Å². The van der Waals surface area contributed by atoms with Gasteiger partial charge in [-0.1, -0.05) is 60.7 Å². The van der Waals surface area contributed by atoms with Crippen molar-refractivity contribution in [2.45, 2.75) is 24.8 Å². The standard InChI is InChI=1S/C28H26N2O4/c1-30-15-14-19-12-10-18(16-26(19)30)11-13-25(27(31)32)29-28(33)34-17-24-22-8-4-2-6-20(22)21-7-3-5-9-23(21)24/h2-10,12,14-16,24-25H,11,13,17H2,1H3,(H,29,33)(H,31,32). The Bertz CT molecular complexity index is 1330. The maximum atomic E-state index is 12.5. The lowest BCUT2D eigenvalue weighted by Gasteiger charge is -2.17. The van der Waals surface area contributed by atoms with Crippen LogP contribution in [0.4, 0.5) is 4.79 Å². The van der Waals surface area contributed by atoms with Crippen LogP contribution >= 0.6 is 0 Å². The Balaban J connectivity index is 1.22. The molecule has 34 heavy (non-hydrogen) atoms. The van der Waals surface area contributed by atoms with Crippen molar-refractivity contribution >= 4 is 23.0 Å². The largest absolute Gasteiger partial charge is 0.480 e. The number of hydrogen-bond donors (Lipinski definition) is 2. The number of benzene rings is 3. The van der Waals surface area contributed by atoms with Crippen LogP contribution in [0.15, 0.2) is 79.0 Å². The number of carboxylic acid groups (broad SMARTS) is 1. The predicted octanol–water partition coefficient (Wildman–Crippen LogP) is 5.10. The lowest BCUT2D eigenvalue weighted by Crippen LogP contribution is -2.41. The second-order valence-electron chi connectivity index (χ2n) is 8.72. The summed E-state index contributed by atoms with van der Waals surface area (Å²) in [6.45, 7) is 0.149. The Morgan fingerprint density at radius 2 is 1.68 bits per heavy atom. The number of carboxylic acids is 1. The molecule has 0 fully saturated rings. The predicted molar refractivity (Wildman–Crippen MR) is 131 cm³/mol. The van der Waals surface area contributed by atoms with Crippen LogP contribution in [0, 0.1) is 0 Å². The van der Waals surface area contributed by atoms with Crippen molar-refractivity contribution in [1.82, 2.24) is 9.88 Å². The van der Waals surface area contributed by atoms with E-state index in [1.165, 1.54) is 0 Å². The van der Waals surface area contributed by atoms with Gasteiger partial charge >= 0.3 is 12.1 Å². The van der Waals surface area contributed by atoms with Gasteiger partial charge in [0.25, 0.3) is 0 Å². The van der Waals surface area contributed by atoms with Crippen LogP contribution < -0.4 is 5.32 Å². The van der Waals surface area contributed by atoms with E-state index in [0.29, 0.717) is 6.42 Å². The SMILES string of the molecule is Cn1ccc2ccc(CCC(NC(=O)OCC3c4ccccc4-c4ccccc43)C(=O)O)cc21. The molecule has 1 aromatic heterocycles. The van der Waals surface area contributed by atoms with Crippen molar-refractivity contribution in [1.29, 1.82) is 0 Å². The molecule has 1 unspecified atom stereocenters. The highest BCUT2D eigenvalue weighted by atomic mass is 16.5. The zero-order chi connectivity index (χ0) is 23.7. The minimum atomic E-state index is -1.08. The van der Waals surface area contributed by atoms with Crippen molar-refractivity contribution in [2.24, 2.45) is 7.05 Å². The maximum absolute atomic E-state index is 12.5. The molecule has 1 aliphatic carbocycles. The van der Waals surface area contributed by atoms with E-state index in [9.17, 15) is 14.7 Å². The Hall–Kier alpha value is -4.06. The van der Waals surface area contributed by atoms with Gasteiger partial charge in [0.2, 0.25) is 0 Å². The van der Waals surface area contributed by atoms with E-state index in [1.54, 1.807) is 0 Å². The summed E-state index contributed by atoms with van der Waals surface area (Å²) in [5.41, 5.74) is 6.63. The van der Waals surface area contributed by atoms with Gasteiger partial charge in [0.1, 0.15) is 12.6 Å². The van der Waals surface area contributed by atoms with Crippen LogP contribution in [0.25, 0.3) is 22.0 Å². The zero-order valence-electron chi connectivity index (χ0n) is 18.9. The Kier molecular flexibility index (Phi) is 5.80. The third-order valence-corrected chi connectivity index (χ3v) is 6.61. The van der Waals surface area contributed by atoms with Gasteiger partial charge < -0.3 is 19.7 Å². The van der Waals surface area contributed by atoms with Crippen LogP contribution in [0.1, 0.15) is 29.0 Å². The number of carbonyl (C=O) groups is 2. The zero-order valence-corrected chi connectivity index (χ0v) is 18.9. The van der Waals surface area contributed by atoms with Gasteiger partial charge in [0.15, 0.2) is 0 Å². The van der Waals surface area contributed by atoms with Gasteiger partial charge in [0.05, 0.1) is 0 Å². The van der Waals surface area contributed by atoms with Crippen LogP contribution in [-0.4, -0.2) is 34.4 Å². The van der Waals surface area contributed by atoms with Crippen molar-refractivity contribution in [3.05, 3.63) is 95.7 Å². The number of ether oxygens (including phenoxy) is 1. The van der Waals surface area contributed by atoms with E-state index in [1.807, 2.05) is 72.4 Å². The quantitative estimate of drug-likeness (QED) is 0.407. The summed E-state index contributed by atoms with van der Waals surface area (Å²) in [5, 5.41) is 13.3. The number of rotatable bonds is 7. The van der Waals surface area contributed by atoms with Gasteiger partial charge in [-0.3, -0.25) is 0 Å². The molecule has 1 heterocycles. The molecule has 0 radical (unpaired) electrons. The molecule has 5 rings (SSSR count). The molecule has 172 valence electrons. The molecular weight excluding hydrogens is 428 g/mol. The molecular formula is C28H26N2O4. The summed E-state index contributed by atoms with van der Waals surface area (Å²) in [7, 11) is 1.98. The third-order valence-electron chi connectivity index (χ3n) is 6.61. The van der Waals surface area contributed by atoms with Crippen molar-refractivity contribution < 1.29 is 19.4 Å². The number of nitrogens with one attached hydrogen (secondary N) is 1. The molecule has 6 heteroatoms. The summed E-state index contributed by atoms with van der Waals surface area (Å²) in [4.78, 5) is 24.3. The molecule has 4 aromatic rings. The molecule has 1 aliphatic rings. The molecule has 0 saturated carbocycles. The summed E-state index contributed by atoms with van der Waals surface area (Å²) in [6.07, 6.45) is 2.08. The highest BCUT2D eigenvalue weighted by molar-refractivity contribution is 5.82. The Morgan fingerprint density at radius 3 is 2.35 bits per heavy atom. The molecule has 0 spiro atoms. The fourth-order valence-corrected chi connectivity index (χ4v) is 4.81. The average Bonchev–Trinajstić information content (AvgIpc) is 3.38. The fourth-order valence-electron chi connectivity index (χ4n) is 4.81. The number of carbonyl (C=O) groups excluding carboxylic acids is 1. The summed E-state index contributed by atoms with van der Waals surface area (Å²) >= 11 is 0. The number of fused-ring (bicyclic) bond motifs is 4. The summed E-state index contributed by atoms with van der Waals surface area (Å²) in [6, 6.07) is 23.3. The lowest BCUT2D eigenvalue weighted by atomic mass is 9.98. The summed E-state index contributed by atoms with van der Waals surface area (Å²) in [5.74, 6) is -1.15. The third kappa shape index (κ3) is 4.15. The van der Waals surface area contributed by atoms with Crippen LogP contribution in [0.3, 0.4) is 0 Å². The van der Waals surface area contributed by atoms with E-state index in [0.717, 1.165) is 38.7 Å². The van der Waals surface area contributed by atoms with Crippen LogP contribution in [0.5, 0.6) is 0 Å². The highest BCUT2D eigenvalue weighted by Crippen LogP contribution is 2.44. The second kappa shape index (κ2) is 9.06. The van der Waals surface area contributed by atoms with Crippen LogP contribution in [-0.2, 0) is 23.0 Å². The molecule has 0 aliphatic heterocycles. The number of amides is 1. The van der Waals surface area contributed by atoms with Crippen molar-refractivity contribution in [3.63, 3.8) is 0 Å². The minimum Gasteiger partial charge on any atom is -0.480 e. The highest BCUT2D eigenvalue weighted by Gasteiger charge is 2.29. The molecule has 2 N–H and O–H groups in total. The second-order valence-corrected chi connectivity index (χ2v) is 8.72. The van der Waals surface area contributed by atoms with Gasteiger partial charge in [-0.05, 0) is 58.2 Å². The monoisotopic (exact) mass is 454 g/mol.